The second-order valence-electron chi connectivity index (χ2n) is 6.76. The van der Waals surface area contributed by atoms with Crippen molar-refractivity contribution in [2.24, 2.45) is 0 Å². The van der Waals surface area contributed by atoms with Crippen LogP contribution in [-0.2, 0) is 4.74 Å². The van der Waals surface area contributed by atoms with Gasteiger partial charge in [0.25, 0.3) is 0 Å². The maximum Gasteiger partial charge on any atom is 0.303 e. The summed E-state index contributed by atoms with van der Waals surface area (Å²) in [6.07, 6.45) is 0.351. The van der Waals surface area contributed by atoms with Crippen LogP contribution in [0.5, 0.6) is 5.75 Å². The van der Waals surface area contributed by atoms with Gasteiger partial charge in [-0.15, -0.1) is 5.10 Å². The van der Waals surface area contributed by atoms with Gasteiger partial charge in [0, 0.05) is 18.2 Å². The predicted octanol–water partition coefficient (Wildman–Crippen LogP) is 1.22. The van der Waals surface area contributed by atoms with Crippen LogP contribution < -0.4 is 15.1 Å². The standard InChI is InChI=1S/C19H21N3O5/c1-4-25-12-19(24)17(27-22-16(23)6-5-9-21-22)14-10-13(11-20)7-8-15(14)26-18(19,2)3/h5-10,17,24H,4,12H2,1-3H3/t17-,19+/m1/s1. The first kappa shape index (κ1) is 18.9. The summed E-state index contributed by atoms with van der Waals surface area (Å²) in [7, 11) is 0. The summed E-state index contributed by atoms with van der Waals surface area (Å²) in [6.45, 7) is 5.51. The number of rotatable bonds is 5. The van der Waals surface area contributed by atoms with Crippen LogP contribution in [0.3, 0.4) is 0 Å². The minimum atomic E-state index is -1.65. The molecule has 27 heavy (non-hydrogen) atoms. The van der Waals surface area contributed by atoms with Gasteiger partial charge in [-0.05, 0) is 45.0 Å². The summed E-state index contributed by atoms with van der Waals surface area (Å²) < 4.78 is 11.5. The summed E-state index contributed by atoms with van der Waals surface area (Å²) in [6, 6.07) is 9.68. The van der Waals surface area contributed by atoms with E-state index in [9.17, 15) is 15.2 Å². The number of nitrogens with zero attached hydrogens (tertiary/aromatic N) is 3. The van der Waals surface area contributed by atoms with Gasteiger partial charge in [0.15, 0.2) is 11.7 Å². The van der Waals surface area contributed by atoms with Crippen molar-refractivity contribution in [2.45, 2.75) is 38.1 Å². The molecular weight excluding hydrogens is 350 g/mol. The Balaban J connectivity index is 2.17. The molecule has 142 valence electrons. The van der Waals surface area contributed by atoms with Gasteiger partial charge < -0.3 is 19.4 Å². The molecule has 0 amide bonds. The molecule has 0 radical (unpaired) electrons. The van der Waals surface area contributed by atoms with E-state index >= 15 is 0 Å². The van der Waals surface area contributed by atoms with Crippen LogP contribution in [0.25, 0.3) is 0 Å². The number of aliphatic hydroxyl groups is 1. The molecule has 0 unspecified atom stereocenters. The zero-order chi connectivity index (χ0) is 19.7. The number of nitriles is 1. The molecular formula is C19H21N3O5. The van der Waals surface area contributed by atoms with Crippen molar-refractivity contribution in [3.8, 4) is 11.8 Å². The summed E-state index contributed by atoms with van der Waals surface area (Å²) in [5.74, 6) is 0.453. The smallest absolute Gasteiger partial charge is 0.303 e. The van der Waals surface area contributed by atoms with E-state index in [1.165, 1.54) is 18.3 Å². The van der Waals surface area contributed by atoms with E-state index in [1.54, 1.807) is 39.0 Å². The van der Waals surface area contributed by atoms with E-state index in [1.807, 2.05) is 0 Å². The van der Waals surface area contributed by atoms with Crippen LogP contribution in [0, 0.1) is 11.3 Å². The molecule has 0 saturated carbocycles. The van der Waals surface area contributed by atoms with E-state index < -0.39 is 22.9 Å². The molecule has 0 saturated heterocycles. The molecule has 0 spiro atoms. The molecule has 1 N–H and O–H groups in total. The van der Waals surface area contributed by atoms with Crippen LogP contribution >= 0.6 is 0 Å². The van der Waals surface area contributed by atoms with E-state index in [0.29, 0.717) is 23.5 Å². The van der Waals surface area contributed by atoms with E-state index in [-0.39, 0.29) is 6.61 Å². The van der Waals surface area contributed by atoms with Gasteiger partial charge >= 0.3 is 5.56 Å². The minimum absolute atomic E-state index is 0.0982. The van der Waals surface area contributed by atoms with Crippen LogP contribution in [0.15, 0.2) is 41.3 Å². The lowest BCUT2D eigenvalue weighted by Gasteiger charge is -2.49. The Morgan fingerprint density at radius 3 is 2.85 bits per heavy atom. The van der Waals surface area contributed by atoms with Crippen molar-refractivity contribution in [2.75, 3.05) is 13.2 Å². The highest BCUT2D eigenvalue weighted by Gasteiger charge is 2.58. The molecule has 0 aliphatic carbocycles. The first-order chi connectivity index (χ1) is 12.8. The van der Waals surface area contributed by atoms with Gasteiger partial charge in [-0.3, -0.25) is 4.79 Å². The highest BCUT2D eigenvalue weighted by Crippen LogP contribution is 2.47. The fraction of sp³-hybridized carbons (Fsp3) is 0.421. The summed E-state index contributed by atoms with van der Waals surface area (Å²) in [4.78, 5) is 18.7. The quantitative estimate of drug-likeness (QED) is 0.842. The monoisotopic (exact) mass is 371 g/mol. The average molecular weight is 371 g/mol. The highest BCUT2D eigenvalue weighted by molar-refractivity contribution is 5.47. The van der Waals surface area contributed by atoms with Crippen LogP contribution in [-0.4, -0.2) is 39.5 Å². The summed E-state index contributed by atoms with van der Waals surface area (Å²) in [5.41, 5.74) is -2.43. The lowest BCUT2D eigenvalue weighted by molar-refractivity contribution is -0.235. The molecule has 2 atom stereocenters. The predicted molar refractivity (Wildman–Crippen MR) is 95.1 cm³/mol. The molecule has 1 aromatic heterocycles. The van der Waals surface area contributed by atoms with E-state index in [2.05, 4.69) is 11.2 Å². The zero-order valence-corrected chi connectivity index (χ0v) is 15.4. The Labute approximate surface area is 156 Å². The number of hydrogen-bond acceptors (Lipinski definition) is 7. The highest BCUT2D eigenvalue weighted by atomic mass is 16.7. The SMILES string of the molecule is CCOC[C@]1(O)[C@H](On2ncccc2=O)c2cc(C#N)ccc2OC1(C)C. The molecule has 2 aromatic rings. The Kier molecular flexibility index (Phi) is 4.91. The normalized spacial score (nSPS) is 23.0. The van der Waals surface area contributed by atoms with Crippen molar-refractivity contribution < 1.29 is 19.4 Å². The Morgan fingerprint density at radius 2 is 2.19 bits per heavy atom. The first-order valence-corrected chi connectivity index (χ1v) is 8.57. The molecule has 0 fully saturated rings. The molecule has 1 aromatic carbocycles. The number of hydrogen-bond donors (Lipinski definition) is 1. The van der Waals surface area contributed by atoms with Crippen LogP contribution in [0.1, 0.15) is 38.0 Å². The topological polar surface area (TPSA) is 107 Å². The first-order valence-electron chi connectivity index (χ1n) is 8.57. The number of fused-ring (bicyclic) bond motifs is 1. The molecule has 1 aliphatic rings. The lowest BCUT2D eigenvalue weighted by atomic mass is 9.76. The minimum Gasteiger partial charge on any atom is -0.484 e. The van der Waals surface area contributed by atoms with Crippen molar-refractivity contribution in [3.63, 3.8) is 0 Å². The van der Waals surface area contributed by atoms with Gasteiger partial charge in [0.1, 0.15) is 11.4 Å². The third kappa shape index (κ3) is 3.27. The van der Waals surface area contributed by atoms with Gasteiger partial charge in [0.05, 0.1) is 24.4 Å². The molecule has 8 nitrogen and oxygen atoms in total. The molecule has 2 heterocycles. The van der Waals surface area contributed by atoms with Crippen LogP contribution in [0.4, 0.5) is 0 Å². The van der Waals surface area contributed by atoms with E-state index in [4.69, 9.17) is 14.3 Å². The number of benzene rings is 1. The summed E-state index contributed by atoms with van der Waals surface area (Å²) >= 11 is 0. The van der Waals surface area contributed by atoms with Gasteiger partial charge in [-0.25, -0.2) is 0 Å². The Hall–Kier alpha value is -2.89. The number of ether oxygens (including phenoxy) is 2. The maximum atomic E-state index is 12.1. The van der Waals surface area contributed by atoms with Crippen LogP contribution in [0.2, 0.25) is 0 Å². The average Bonchev–Trinajstić information content (AvgIpc) is 2.65. The molecule has 0 bridgehead atoms. The lowest BCUT2D eigenvalue weighted by Crippen LogP contribution is -2.65. The van der Waals surface area contributed by atoms with Gasteiger partial charge in [-0.2, -0.15) is 5.26 Å². The van der Waals surface area contributed by atoms with Gasteiger partial charge in [-0.1, -0.05) is 4.85 Å². The summed E-state index contributed by atoms with van der Waals surface area (Å²) in [5, 5.41) is 24.7. The second kappa shape index (κ2) is 7.02. The molecule has 8 heteroatoms. The molecule has 1 aliphatic heterocycles. The fourth-order valence-corrected chi connectivity index (χ4v) is 3.03. The maximum absolute atomic E-state index is 12.1. The van der Waals surface area contributed by atoms with Crippen molar-refractivity contribution in [3.05, 3.63) is 58.0 Å². The van der Waals surface area contributed by atoms with Crippen molar-refractivity contribution in [1.82, 2.24) is 9.94 Å². The second-order valence-corrected chi connectivity index (χ2v) is 6.76. The largest absolute Gasteiger partial charge is 0.484 e. The molecule has 3 rings (SSSR count). The van der Waals surface area contributed by atoms with E-state index in [0.717, 1.165) is 4.85 Å². The Morgan fingerprint density at radius 1 is 1.41 bits per heavy atom. The fourth-order valence-electron chi connectivity index (χ4n) is 3.03. The van der Waals surface area contributed by atoms with Gasteiger partial charge in [0.2, 0.25) is 0 Å². The number of aromatic nitrogens is 2. The van der Waals surface area contributed by atoms with Crippen molar-refractivity contribution in [1.29, 1.82) is 5.26 Å². The third-order valence-electron chi connectivity index (χ3n) is 4.68. The zero-order valence-electron chi connectivity index (χ0n) is 15.4. The third-order valence-corrected chi connectivity index (χ3v) is 4.68. The van der Waals surface area contributed by atoms with Crippen molar-refractivity contribution >= 4 is 0 Å². The Bertz CT molecular complexity index is 933.